The molecule has 0 aliphatic carbocycles. The molecule has 5 aromatic rings. The number of amides is 2. The van der Waals surface area contributed by atoms with E-state index in [1.54, 1.807) is 24.0 Å². The number of nitrogens with two attached hydrogens (primary N) is 1. The molecule has 0 saturated carbocycles. The second kappa shape index (κ2) is 11.2. The molecule has 0 fully saturated rings. The van der Waals surface area contributed by atoms with Crippen molar-refractivity contribution in [1.82, 2.24) is 25.0 Å². The first kappa shape index (κ1) is 29.0. The highest BCUT2D eigenvalue weighted by molar-refractivity contribution is 5.98. The smallest absolute Gasteiger partial charge is 0.335 e. The molecule has 0 radical (unpaired) electrons. The molecule has 2 aromatic heterocycles. The van der Waals surface area contributed by atoms with Crippen molar-refractivity contribution in [2.75, 3.05) is 17.2 Å². The van der Waals surface area contributed by atoms with Crippen LogP contribution in [-0.4, -0.2) is 43.8 Å². The number of hydrogen-bond acceptors (Lipinski definition) is 9. The summed E-state index contributed by atoms with van der Waals surface area (Å²) in [5.74, 6) is -2.27. The van der Waals surface area contributed by atoms with Gasteiger partial charge in [0.05, 0.1) is 5.56 Å². The SMILES string of the molecule is Cc1cc(CNC(=O)c2cc(C(=O)NCc3ccc4c(c3)CN(c3c(N)c(=O)c3=O)CC4)nc3c[nH]c(=O)n23)ccc1C(=O)O. The molecule has 0 spiro atoms. The number of H-pyrrole nitrogens is 1. The Labute approximate surface area is 253 Å². The van der Waals surface area contributed by atoms with Crippen molar-refractivity contribution in [3.05, 3.63) is 124 Å². The van der Waals surface area contributed by atoms with Gasteiger partial charge in [0.1, 0.15) is 22.8 Å². The molecule has 1 aliphatic rings. The van der Waals surface area contributed by atoms with Crippen LogP contribution in [-0.2, 0) is 26.1 Å². The number of aromatic carboxylic acids is 1. The number of nitrogen functional groups attached to an aromatic ring is 1. The van der Waals surface area contributed by atoms with E-state index in [1.807, 2.05) is 18.2 Å². The fourth-order valence-electron chi connectivity index (χ4n) is 5.55. The standard InChI is InChI=1S/C31H27N7O7/c1-15-8-16(3-5-20(15)30(43)44)11-34-29(42)22-10-21(36-23-13-35-31(45)38(22)23)28(41)33-12-17-2-4-18-6-7-37(14-19(18)9-17)25-24(32)26(39)27(25)40/h2-5,8-10,13H,6-7,11-12,14,32H2,1H3,(H,33,41)(H,34,42)(H,35,45)(H,43,44). The predicted molar refractivity (Wildman–Crippen MR) is 163 cm³/mol. The number of carboxylic acid groups (broad SMARTS) is 1. The van der Waals surface area contributed by atoms with Crippen LogP contribution in [0.25, 0.3) is 5.65 Å². The molecule has 0 unspecified atom stereocenters. The van der Waals surface area contributed by atoms with Gasteiger partial charge in [0.15, 0.2) is 5.65 Å². The summed E-state index contributed by atoms with van der Waals surface area (Å²) < 4.78 is 1.06. The molecular formula is C31H27N7O7. The van der Waals surface area contributed by atoms with Gasteiger partial charge in [-0.1, -0.05) is 30.3 Å². The van der Waals surface area contributed by atoms with Crippen LogP contribution in [0.5, 0.6) is 0 Å². The van der Waals surface area contributed by atoms with Crippen molar-refractivity contribution in [1.29, 1.82) is 0 Å². The summed E-state index contributed by atoms with van der Waals surface area (Å²) in [6, 6.07) is 11.7. The summed E-state index contributed by atoms with van der Waals surface area (Å²) in [5, 5.41) is 14.7. The Morgan fingerprint density at radius 2 is 1.67 bits per heavy atom. The number of aromatic amines is 1. The third-order valence-electron chi connectivity index (χ3n) is 7.92. The van der Waals surface area contributed by atoms with Crippen LogP contribution in [0.1, 0.15) is 59.2 Å². The molecule has 0 bridgehead atoms. The highest BCUT2D eigenvalue weighted by Gasteiger charge is 2.27. The minimum atomic E-state index is -1.05. The topological polar surface area (TPSA) is 209 Å². The Hall–Kier alpha value is -6.05. The van der Waals surface area contributed by atoms with Crippen molar-refractivity contribution in [2.24, 2.45) is 0 Å². The maximum atomic E-state index is 13.2. The second-order valence-electron chi connectivity index (χ2n) is 10.8. The number of aromatic nitrogens is 3. The monoisotopic (exact) mass is 609 g/mol. The van der Waals surface area contributed by atoms with E-state index in [0.29, 0.717) is 30.6 Å². The molecule has 14 nitrogen and oxygen atoms in total. The lowest BCUT2D eigenvalue weighted by molar-refractivity contribution is 0.0695. The zero-order valence-electron chi connectivity index (χ0n) is 24.0. The number of fused-ring (bicyclic) bond motifs is 2. The predicted octanol–water partition coefficient (Wildman–Crippen LogP) is 0.630. The van der Waals surface area contributed by atoms with Crippen LogP contribution in [0.15, 0.2) is 63.0 Å². The van der Waals surface area contributed by atoms with E-state index in [0.717, 1.165) is 21.1 Å². The van der Waals surface area contributed by atoms with Gasteiger partial charge in [0.25, 0.3) is 22.7 Å². The van der Waals surface area contributed by atoms with Gasteiger partial charge in [-0.2, -0.15) is 0 Å². The molecule has 0 atom stereocenters. The number of hydrogen-bond donors (Lipinski definition) is 5. The Balaban J connectivity index is 1.17. The normalized spacial score (nSPS) is 12.7. The first-order valence-electron chi connectivity index (χ1n) is 14.0. The highest BCUT2D eigenvalue weighted by Crippen LogP contribution is 2.26. The molecular weight excluding hydrogens is 582 g/mol. The van der Waals surface area contributed by atoms with Gasteiger partial charge in [-0.3, -0.25) is 19.2 Å². The molecule has 2 amide bonds. The fraction of sp³-hybridized carbons (Fsp3) is 0.194. The van der Waals surface area contributed by atoms with Gasteiger partial charge >= 0.3 is 11.7 Å². The minimum Gasteiger partial charge on any atom is -0.478 e. The van der Waals surface area contributed by atoms with E-state index in [9.17, 15) is 33.9 Å². The maximum Gasteiger partial charge on any atom is 0.335 e. The Kier molecular flexibility index (Phi) is 7.24. The van der Waals surface area contributed by atoms with Crippen LogP contribution < -0.4 is 37.8 Å². The van der Waals surface area contributed by atoms with E-state index in [-0.39, 0.29) is 47.1 Å². The second-order valence-corrected chi connectivity index (χ2v) is 10.8. The molecule has 45 heavy (non-hydrogen) atoms. The Bertz CT molecular complexity index is 2170. The fourth-order valence-corrected chi connectivity index (χ4v) is 5.55. The van der Waals surface area contributed by atoms with Gasteiger partial charge in [-0.15, -0.1) is 0 Å². The van der Waals surface area contributed by atoms with Gasteiger partial charge < -0.3 is 31.4 Å². The molecule has 14 heteroatoms. The Morgan fingerprint density at radius 1 is 0.956 bits per heavy atom. The van der Waals surface area contributed by atoms with Crippen molar-refractivity contribution in [3.8, 4) is 0 Å². The van der Waals surface area contributed by atoms with E-state index in [2.05, 4.69) is 20.6 Å². The molecule has 6 rings (SSSR count). The quantitative estimate of drug-likeness (QED) is 0.155. The summed E-state index contributed by atoms with van der Waals surface area (Å²) in [6.45, 7) is 2.79. The minimum absolute atomic E-state index is 0.0152. The van der Waals surface area contributed by atoms with E-state index in [1.165, 1.54) is 18.3 Å². The zero-order valence-corrected chi connectivity index (χ0v) is 24.0. The number of nitrogens with one attached hydrogen (secondary N) is 3. The third-order valence-corrected chi connectivity index (χ3v) is 7.92. The Morgan fingerprint density at radius 3 is 2.38 bits per heavy atom. The van der Waals surface area contributed by atoms with Crippen LogP contribution in [0.2, 0.25) is 0 Å². The van der Waals surface area contributed by atoms with Crippen LogP contribution in [0.3, 0.4) is 0 Å². The molecule has 1 aliphatic heterocycles. The summed E-state index contributed by atoms with van der Waals surface area (Å²) in [4.78, 5) is 82.2. The van der Waals surface area contributed by atoms with Crippen molar-refractivity contribution >= 4 is 34.8 Å². The average Bonchev–Trinajstić information content (AvgIpc) is 3.41. The largest absolute Gasteiger partial charge is 0.478 e. The van der Waals surface area contributed by atoms with Gasteiger partial charge in [0.2, 0.25) is 0 Å². The summed E-state index contributed by atoms with van der Waals surface area (Å²) in [5.41, 5.74) is 8.17. The number of aryl methyl sites for hydroxylation is 1. The lowest BCUT2D eigenvalue weighted by Crippen LogP contribution is -2.44. The van der Waals surface area contributed by atoms with Crippen molar-refractivity contribution < 1.29 is 19.5 Å². The first-order chi connectivity index (χ1) is 21.5. The summed E-state index contributed by atoms with van der Waals surface area (Å²) in [7, 11) is 0. The summed E-state index contributed by atoms with van der Waals surface area (Å²) >= 11 is 0. The first-order valence-corrected chi connectivity index (χ1v) is 14.0. The van der Waals surface area contributed by atoms with Crippen molar-refractivity contribution in [3.63, 3.8) is 0 Å². The zero-order chi connectivity index (χ0) is 32.0. The van der Waals surface area contributed by atoms with Gasteiger partial charge in [0, 0.05) is 32.4 Å². The van der Waals surface area contributed by atoms with Gasteiger partial charge in [-0.05, 0) is 53.3 Å². The van der Waals surface area contributed by atoms with Crippen LogP contribution in [0, 0.1) is 6.92 Å². The number of carbonyl (C=O) groups excluding carboxylic acids is 2. The molecule has 228 valence electrons. The summed E-state index contributed by atoms with van der Waals surface area (Å²) in [6.07, 6.45) is 1.96. The van der Waals surface area contributed by atoms with E-state index in [4.69, 9.17) is 5.73 Å². The third kappa shape index (κ3) is 5.33. The maximum absolute atomic E-state index is 13.2. The van der Waals surface area contributed by atoms with Crippen LogP contribution >= 0.6 is 0 Å². The molecule has 3 heterocycles. The van der Waals surface area contributed by atoms with E-state index >= 15 is 0 Å². The lowest BCUT2D eigenvalue weighted by Gasteiger charge is -2.32. The number of benzene rings is 2. The molecule has 0 saturated heterocycles. The molecule has 3 aromatic carbocycles. The van der Waals surface area contributed by atoms with Crippen LogP contribution in [0.4, 0.5) is 11.4 Å². The number of carboxylic acids is 1. The number of carbonyl (C=O) groups is 3. The van der Waals surface area contributed by atoms with Crippen molar-refractivity contribution in [2.45, 2.75) is 33.0 Å². The average molecular weight is 610 g/mol. The lowest BCUT2D eigenvalue weighted by atomic mass is 9.96. The number of rotatable bonds is 8. The number of anilines is 2. The van der Waals surface area contributed by atoms with E-state index < -0.39 is 34.3 Å². The highest BCUT2D eigenvalue weighted by atomic mass is 16.4. The molecule has 6 N–H and O–H groups in total. The number of nitrogens with zero attached hydrogens (tertiary/aromatic N) is 3. The number of imidazole rings is 1. The van der Waals surface area contributed by atoms with Gasteiger partial charge in [-0.25, -0.2) is 19.0 Å².